The van der Waals surface area contributed by atoms with Crippen LogP contribution in [0.3, 0.4) is 0 Å². The molecule has 6 aliphatic rings. The first-order chi connectivity index (χ1) is 16.6. The molecule has 188 valence electrons. The van der Waals surface area contributed by atoms with E-state index in [-0.39, 0.29) is 0 Å². The van der Waals surface area contributed by atoms with Crippen molar-refractivity contribution in [2.45, 2.75) is 107 Å². The molecule has 4 bridgehead atoms. The van der Waals surface area contributed by atoms with Gasteiger partial charge in [-0.15, -0.1) is 0 Å². The Bertz CT molecular complexity index is 793. The van der Waals surface area contributed by atoms with Crippen LogP contribution >= 0.6 is 0 Å². The topological polar surface area (TPSA) is 62.9 Å². The van der Waals surface area contributed by atoms with Gasteiger partial charge >= 0.3 is 0 Å². The molecule has 0 aromatic heterocycles. The van der Waals surface area contributed by atoms with Crippen molar-refractivity contribution in [1.29, 1.82) is 0 Å². The van der Waals surface area contributed by atoms with Gasteiger partial charge < -0.3 is 15.2 Å². The van der Waals surface area contributed by atoms with Gasteiger partial charge in [-0.3, -0.25) is 0 Å². The van der Waals surface area contributed by atoms with Crippen molar-refractivity contribution in [3.05, 3.63) is 29.8 Å². The molecule has 7 rings (SSSR count). The molecule has 0 radical (unpaired) electrons. The summed E-state index contributed by atoms with van der Waals surface area (Å²) >= 11 is 0. The standard InChI is InChI=1S/C29H43NO4/c30-26-5-9-28(10-6-26)33-27-7-3-24(4-8-27)25-2-1-11-29(17-25)31-18-22-13-20-12-21(14-22)16-23(15-20)19-32-34-29/h3-4,7-8,20-23,25-26,28H,1-2,5-6,9-19,30H2/t20?,21?,22?,23?,25-,26?,28?,29-/m1/s1. The third kappa shape index (κ3) is 5.33. The smallest absolute Gasteiger partial charge is 0.202 e. The zero-order chi connectivity index (χ0) is 23.0. The predicted octanol–water partition coefficient (Wildman–Crippen LogP) is 6.11. The minimum absolute atomic E-state index is 0.306. The van der Waals surface area contributed by atoms with Gasteiger partial charge in [0.2, 0.25) is 5.79 Å². The molecule has 4 aliphatic carbocycles. The number of hydrogen-bond acceptors (Lipinski definition) is 5. The van der Waals surface area contributed by atoms with Gasteiger partial charge in [-0.25, -0.2) is 9.78 Å². The number of fused-ring (bicyclic) bond motifs is 3. The van der Waals surface area contributed by atoms with E-state index in [1.165, 1.54) is 44.1 Å². The van der Waals surface area contributed by atoms with Gasteiger partial charge in [-0.2, -0.15) is 0 Å². The second-order valence-corrected chi connectivity index (χ2v) is 12.2. The average molecular weight is 470 g/mol. The predicted molar refractivity (Wildman–Crippen MR) is 131 cm³/mol. The Balaban J connectivity index is 1.11. The second kappa shape index (κ2) is 10.1. The van der Waals surface area contributed by atoms with Crippen LogP contribution in [0.25, 0.3) is 0 Å². The number of rotatable bonds is 3. The molecule has 4 saturated carbocycles. The maximum absolute atomic E-state index is 6.66. The van der Waals surface area contributed by atoms with Crippen molar-refractivity contribution in [2.75, 3.05) is 13.2 Å². The fourth-order valence-corrected chi connectivity index (χ4v) is 7.84. The summed E-state index contributed by atoms with van der Waals surface area (Å²) in [6.07, 6.45) is 15.4. The SMILES string of the molecule is NC1CCC(Oc2ccc([C@@H]3CCC[C@@]4(C3)OCC3CC5CC(COO4)CC(C3)C5)cc2)CC1. The Hall–Kier alpha value is -1.14. The lowest BCUT2D eigenvalue weighted by atomic mass is 9.65. The molecule has 2 aliphatic heterocycles. The van der Waals surface area contributed by atoms with Gasteiger partial charge in [0.05, 0.1) is 19.3 Å². The van der Waals surface area contributed by atoms with Crippen LogP contribution in [0.1, 0.15) is 95.0 Å². The fourth-order valence-electron chi connectivity index (χ4n) is 7.84. The van der Waals surface area contributed by atoms with Crippen molar-refractivity contribution < 1.29 is 19.2 Å². The van der Waals surface area contributed by atoms with Crippen LogP contribution in [-0.2, 0) is 14.5 Å². The molecule has 2 N–H and O–H groups in total. The third-order valence-electron chi connectivity index (χ3n) is 9.47. The Morgan fingerprint density at radius 2 is 1.47 bits per heavy atom. The molecule has 5 nitrogen and oxygen atoms in total. The van der Waals surface area contributed by atoms with E-state index in [2.05, 4.69) is 24.3 Å². The summed E-state index contributed by atoms with van der Waals surface area (Å²) in [6.45, 7) is 1.55. The van der Waals surface area contributed by atoms with E-state index in [0.717, 1.165) is 75.7 Å². The van der Waals surface area contributed by atoms with Crippen LogP contribution in [0.2, 0.25) is 0 Å². The van der Waals surface area contributed by atoms with Crippen LogP contribution < -0.4 is 10.5 Å². The van der Waals surface area contributed by atoms with Crippen LogP contribution in [0.15, 0.2) is 24.3 Å². The summed E-state index contributed by atoms with van der Waals surface area (Å²) in [5.41, 5.74) is 7.40. The van der Waals surface area contributed by atoms with Gasteiger partial charge in [0.15, 0.2) is 0 Å². The van der Waals surface area contributed by atoms with E-state index in [1.807, 2.05) is 0 Å². The molecular weight excluding hydrogens is 426 g/mol. The zero-order valence-corrected chi connectivity index (χ0v) is 20.7. The number of benzene rings is 1. The van der Waals surface area contributed by atoms with E-state index in [4.69, 9.17) is 25.0 Å². The van der Waals surface area contributed by atoms with Crippen molar-refractivity contribution in [3.8, 4) is 5.75 Å². The summed E-state index contributed by atoms with van der Waals surface area (Å²) in [5.74, 6) is 3.90. The highest BCUT2D eigenvalue weighted by molar-refractivity contribution is 5.30. The highest BCUT2D eigenvalue weighted by atomic mass is 17.2. The number of ether oxygens (including phenoxy) is 2. The van der Waals surface area contributed by atoms with Crippen molar-refractivity contribution >= 4 is 0 Å². The molecule has 2 heterocycles. The van der Waals surface area contributed by atoms with Crippen LogP contribution in [-0.4, -0.2) is 31.1 Å². The summed E-state index contributed by atoms with van der Waals surface area (Å²) in [5, 5.41) is 0. The first-order valence-corrected chi connectivity index (χ1v) is 14.1. The van der Waals surface area contributed by atoms with Crippen molar-refractivity contribution in [2.24, 2.45) is 29.4 Å². The maximum atomic E-state index is 6.66. The second-order valence-electron chi connectivity index (χ2n) is 12.2. The van der Waals surface area contributed by atoms with Gasteiger partial charge in [0, 0.05) is 18.9 Å². The first-order valence-electron chi connectivity index (χ1n) is 14.1. The Morgan fingerprint density at radius 1 is 0.794 bits per heavy atom. The van der Waals surface area contributed by atoms with Gasteiger partial charge in [0.1, 0.15) is 5.75 Å². The van der Waals surface area contributed by atoms with E-state index < -0.39 is 5.79 Å². The quantitative estimate of drug-likeness (QED) is 0.541. The third-order valence-corrected chi connectivity index (χ3v) is 9.47. The molecular formula is C29H43NO4. The summed E-state index contributed by atoms with van der Waals surface area (Å²) in [4.78, 5) is 12.1. The van der Waals surface area contributed by atoms with E-state index in [9.17, 15) is 0 Å². The van der Waals surface area contributed by atoms with Crippen LogP contribution in [0.4, 0.5) is 0 Å². The molecule has 1 aromatic rings. The van der Waals surface area contributed by atoms with E-state index in [1.54, 1.807) is 0 Å². The maximum Gasteiger partial charge on any atom is 0.202 e. The molecule has 2 unspecified atom stereocenters. The Labute approximate surface area is 205 Å². The molecule has 5 heteroatoms. The summed E-state index contributed by atoms with van der Waals surface area (Å²) < 4.78 is 12.9. The monoisotopic (exact) mass is 469 g/mol. The zero-order valence-electron chi connectivity index (χ0n) is 20.7. The molecule has 34 heavy (non-hydrogen) atoms. The van der Waals surface area contributed by atoms with Gasteiger partial charge in [-0.05, 0) is 118 Å². The lowest BCUT2D eigenvalue weighted by molar-refractivity contribution is -0.440. The number of nitrogens with two attached hydrogens (primary N) is 1. The minimum Gasteiger partial charge on any atom is -0.490 e. The first kappa shape index (κ1) is 23.3. The Kier molecular flexibility index (Phi) is 6.90. The lowest BCUT2D eigenvalue weighted by Gasteiger charge is -2.42. The normalized spacial score (nSPS) is 42.9. The van der Waals surface area contributed by atoms with Crippen LogP contribution in [0.5, 0.6) is 5.75 Å². The summed E-state index contributed by atoms with van der Waals surface area (Å²) in [6, 6.07) is 9.15. The number of hydrogen-bond donors (Lipinski definition) is 1. The molecule has 1 aromatic carbocycles. The molecule has 6 fully saturated rings. The van der Waals surface area contributed by atoms with Gasteiger partial charge in [-0.1, -0.05) is 12.1 Å². The Morgan fingerprint density at radius 3 is 2.21 bits per heavy atom. The minimum atomic E-state index is -0.597. The molecule has 4 atom stereocenters. The van der Waals surface area contributed by atoms with Crippen molar-refractivity contribution in [3.63, 3.8) is 0 Å². The largest absolute Gasteiger partial charge is 0.490 e. The van der Waals surface area contributed by atoms with Crippen molar-refractivity contribution in [1.82, 2.24) is 0 Å². The molecule has 1 spiro atoms. The highest BCUT2D eigenvalue weighted by Crippen LogP contribution is 2.48. The average Bonchev–Trinajstić information content (AvgIpc) is 2.87. The highest BCUT2D eigenvalue weighted by Gasteiger charge is 2.44. The summed E-state index contributed by atoms with van der Waals surface area (Å²) in [7, 11) is 0. The van der Waals surface area contributed by atoms with Gasteiger partial charge in [0.25, 0.3) is 0 Å². The molecule has 2 saturated heterocycles. The van der Waals surface area contributed by atoms with E-state index in [0.29, 0.717) is 29.9 Å². The van der Waals surface area contributed by atoms with E-state index >= 15 is 0 Å². The fraction of sp³-hybridized carbons (Fsp3) is 0.793. The van der Waals surface area contributed by atoms with Crippen LogP contribution in [0, 0.1) is 23.7 Å². The lowest BCUT2D eigenvalue weighted by Crippen LogP contribution is -2.42. The molecule has 0 amide bonds.